The van der Waals surface area contributed by atoms with Crippen molar-refractivity contribution < 1.29 is 0 Å². The zero-order chi connectivity index (χ0) is 12.8. The summed E-state index contributed by atoms with van der Waals surface area (Å²) in [5, 5.41) is 5.47. The molecule has 0 aliphatic rings. The summed E-state index contributed by atoms with van der Waals surface area (Å²) in [6.07, 6.45) is 3.74. The van der Waals surface area contributed by atoms with E-state index in [1.807, 2.05) is 30.6 Å². The molecular formula is C14H11N5. The van der Waals surface area contributed by atoms with E-state index in [1.165, 1.54) is 0 Å². The number of fused-ring (bicyclic) bond motifs is 2. The van der Waals surface area contributed by atoms with Crippen molar-refractivity contribution in [3.63, 3.8) is 0 Å². The lowest BCUT2D eigenvalue weighted by molar-refractivity contribution is 0.952. The third-order valence-corrected chi connectivity index (χ3v) is 3.23. The summed E-state index contributed by atoms with van der Waals surface area (Å²) in [6, 6.07) is 11.9. The number of aromatic nitrogens is 4. The number of benzene rings is 1. The smallest absolute Gasteiger partial charge is 0.154 e. The van der Waals surface area contributed by atoms with Crippen molar-refractivity contribution >= 4 is 22.4 Å². The number of rotatable bonds is 1. The first-order valence-electron chi connectivity index (χ1n) is 5.99. The molecule has 0 saturated carbocycles. The second-order valence-electron chi connectivity index (χ2n) is 4.45. The number of imidazole rings is 1. The van der Waals surface area contributed by atoms with E-state index in [9.17, 15) is 0 Å². The minimum absolute atomic E-state index is 0.481. The van der Waals surface area contributed by atoms with E-state index in [4.69, 9.17) is 5.73 Å². The molecular weight excluding hydrogens is 238 g/mol. The fourth-order valence-electron chi connectivity index (χ4n) is 2.30. The molecule has 0 atom stereocenters. The van der Waals surface area contributed by atoms with Crippen LogP contribution in [0.4, 0.5) is 5.82 Å². The normalized spacial score (nSPS) is 11.4. The summed E-state index contributed by atoms with van der Waals surface area (Å²) >= 11 is 0. The van der Waals surface area contributed by atoms with Crippen LogP contribution in [0.2, 0.25) is 0 Å². The van der Waals surface area contributed by atoms with Crippen molar-refractivity contribution in [1.29, 1.82) is 0 Å². The Morgan fingerprint density at radius 2 is 2.05 bits per heavy atom. The van der Waals surface area contributed by atoms with Crippen molar-refractivity contribution in [2.75, 3.05) is 5.73 Å². The Morgan fingerprint density at radius 3 is 3.00 bits per heavy atom. The van der Waals surface area contributed by atoms with Gasteiger partial charge in [-0.3, -0.25) is 0 Å². The van der Waals surface area contributed by atoms with E-state index in [-0.39, 0.29) is 0 Å². The van der Waals surface area contributed by atoms with Crippen LogP contribution >= 0.6 is 0 Å². The van der Waals surface area contributed by atoms with Gasteiger partial charge in [0, 0.05) is 22.7 Å². The third-order valence-electron chi connectivity index (χ3n) is 3.23. The molecule has 19 heavy (non-hydrogen) atoms. The van der Waals surface area contributed by atoms with Crippen LogP contribution in [0.25, 0.3) is 27.8 Å². The van der Waals surface area contributed by atoms with E-state index in [2.05, 4.69) is 27.2 Å². The lowest BCUT2D eigenvalue weighted by Crippen LogP contribution is -1.98. The first-order valence-corrected chi connectivity index (χ1v) is 5.99. The van der Waals surface area contributed by atoms with Crippen LogP contribution in [-0.2, 0) is 0 Å². The van der Waals surface area contributed by atoms with Crippen molar-refractivity contribution in [3.8, 4) is 11.3 Å². The van der Waals surface area contributed by atoms with Crippen molar-refractivity contribution in [2.24, 2.45) is 0 Å². The Bertz CT molecular complexity index is 887. The molecule has 0 spiro atoms. The lowest BCUT2D eigenvalue weighted by atomic mass is 10.1. The Hall–Kier alpha value is -2.82. The van der Waals surface area contributed by atoms with Gasteiger partial charge in [-0.2, -0.15) is 0 Å². The van der Waals surface area contributed by atoms with Crippen LogP contribution in [0, 0.1) is 0 Å². The van der Waals surface area contributed by atoms with E-state index < -0.39 is 0 Å². The monoisotopic (exact) mass is 249 g/mol. The number of anilines is 1. The molecule has 0 radical (unpaired) electrons. The number of H-pyrrole nitrogens is 1. The van der Waals surface area contributed by atoms with Gasteiger partial charge < -0.3 is 10.7 Å². The van der Waals surface area contributed by atoms with Gasteiger partial charge in [0.15, 0.2) is 5.65 Å². The maximum atomic E-state index is 5.74. The van der Waals surface area contributed by atoms with Crippen LogP contribution < -0.4 is 5.73 Å². The Labute approximate surface area is 108 Å². The average Bonchev–Trinajstić information content (AvgIpc) is 3.03. The van der Waals surface area contributed by atoms with Crippen molar-refractivity contribution in [1.82, 2.24) is 19.6 Å². The number of nitrogens with two attached hydrogens (primary N) is 1. The Balaban J connectivity index is 2.00. The maximum absolute atomic E-state index is 5.74. The second kappa shape index (κ2) is 3.58. The highest BCUT2D eigenvalue weighted by Gasteiger charge is 2.08. The standard InChI is InChI=1S/C14H11N5/c15-13-3-4-14-17-8-12(19(14)18-13)10-1-2-11-9(7-10)5-6-16-11/h1-8,16H,(H2,15,18). The highest BCUT2D eigenvalue weighted by Crippen LogP contribution is 2.24. The quantitative estimate of drug-likeness (QED) is 0.544. The minimum Gasteiger partial charge on any atom is -0.382 e. The van der Waals surface area contributed by atoms with Gasteiger partial charge in [0.05, 0.1) is 11.9 Å². The molecule has 5 nitrogen and oxygen atoms in total. The molecule has 3 aromatic heterocycles. The largest absolute Gasteiger partial charge is 0.382 e. The minimum atomic E-state index is 0.481. The summed E-state index contributed by atoms with van der Waals surface area (Å²) in [7, 11) is 0. The van der Waals surface area contributed by atoms with E-state index in [1.54, 1.807) is 10.6 Å². The second-order valence-corrected chi connectivity index (χ2v) is 4.45. The van der Waals surface area contributed by atoms with Gasteiger partial charge in [-0.1, -0.05) is 6.07 Å². The molecule has 3 N–H and O–H groups in total. The molecule has 4 rings (SSSR count). The van der Waals surface area contributed by atoms with Crippen LogP contribution in [0.15, 0.2) is 48.8 Å². The summed E-state index contributed by atoms with van der Waals surface area (Å²) in [4.78, 5) is 7.52. The van der Waals surface area contributed by atoms with E-state index in [0.29, 0.717) is 5.82 Å². The van der Waals surface area contributed by atoms with E-state index in [0.717, 1.165) is 27.8 Å². The van der Waals surface area contributed by atoms with Gasteiger partial charge in [0.1, 0.15) is 5.82 Å². The summed E-state index contributed by atoms with van der Waals surface area (Å²) in [5.41, 5.74) is 9.65. The van der Waals surface area contributed by atoms with Crippen molar-refractivity contribution in [2.45, 2.75) is 0 Å². The van der Waals surface area contributed by atoms with Gasteiger partial charge in [-0.25, -0.2) is 9.50 Å². The molecule has 92 valence electrons. The van der Waals surface area contributed by atoms with Crippen LogP contribution in [0.3, 0.4) is 0 Å². The molecule has 5 heteroatoms. The Morgan fingerprint density at radius 1 is 1.11 bits per heavy atom. The summed E-state index contributed by atoms with van der Waals surface area (Å²) in [6.45, 7) is 0. The number of nitrogens with zero attached hydrogens (tertiary/aromatic N) is 3. The predicted octanol–water partition coefficient (Wildman–Crippen LogP) is 2.46. The SMILES string of the molecule is Nc1ccc2ncc(-c3ccc4[nH]ccc4c3)n2n1. The lowest BCUT2D eigenvalue weighted by Gasteiger charge is -2.02. The first kappa shape index (κ1) is 10.1. The molecule has 0 saturated heterocycles. The Kier molecular flexibility index (Phi) is 1.91. The number of nitrogen functional groups attached to an aromatic ring is 1. The summed E-state index contributed by atoms with van der Waals surface area (Å²) in [5.74, 6) is 0.481. The van der Waals surface area contributed by atoms with Gasteiger partial charge >= 0.3 is 0 Å². The fraction of sp³-hybridized carbons (Fsp3) is 0. The zero-order valence-electron chi connectivity index (χ0n) is 10.0. The van der Waals surface area contributed by atoms with Crippen LogP contribution in [0.1, 0.15) is 0 Å². The molecule has 1 aromatic carbocycles. The van der Waals surface area contributed by atoms with Gasteiger partial charge in [0.25, 0.3) is 0 Å². The molecule has 0 aliphatic carbocycles. The summed E-state index contributed by atoms with van der Waals surface area (Å²) < 4.78 is 1.77. The average molecular weight is 249 g/mol. The van der Waals surface area contributed by atoms with E-state index >= 15 is 0 Å². The highest BCUT2D eigenvalue weighted by atomic mass is 15.3. The topological polar surface area (TPSA) is 72.0 Å². The molecule has 0 bridgehead atoms. The van der Waals surface area contributed by atoms with Crippen LogP contribution in [-0.4, -0.2) is 19.6 Å². The maximum Gasteiger partial charge on any atom is 0.154 e. The number of hydrogen-bond donors (Lipinski definition) is 2. The molecule has 3 heterocycles. The van der Waals surface area contributed by atoms with Crippen molar-refractivity contribution in [3.05, 3.63) is 48.8 Å². The van der Waals surface area contributed by atoms with Crippen LogP contribution in [0.5, 0.6) is 0 Å². The molecule has 0 aliphatic heterocycles. The zero-order valence-corrected chi connectivity index (χ0v) is 10.0. The number of nitrogens with one attached hydrogen (secondary N) is 1. The molecule has 0 fully saturated rings. The van der Waals surface area contributed by atoms with Gasteiger partial charge in [-0.05, 0) is 30.3 Å². The molecule has 0 amide bonds. The first-order chi connectivity index (χ1) is 9.31. The van der Waals surface area contributed by atoms with Gasteiger partial charge in [-0.15, -0.1) is 5.10 Å². The highest BCUT2D eigenvalue weighted by molar-refractivity contribution is 5.84. The number of hydrogen-bond acceptors (Lipinski definition) is 3. The molecule has 4 aromatic rings. The number of aromatic amines is 1. The predicted molar refractivity (Wildman–Crippen MR) is 74.7 cm³/mol. The fourth-order valence-corrected chi connectivity index (χ4v) is 2.30. The molecule has 0 unspecified atom stereocenters. The van der Waals surface area contributed by atoms with Gasteiger partial charge in [0.2, 0.25) is 0 Å². The third kappa shape index (κ3) is 1.48.